The summed E-state index contributed by atoms with van der Waals surface area (Å²) >= 11 is 0. The summed E-state index contributed by atoms with van der Waals surface area (Å²) < 4.78 is 14.5. The van der Waals surface area contributed by atoms with Gasteiger partial charge in [0.25, 0.3) is 0 Å². The fraction of sp³-hybridized carbons (Fsp3) is 0.0833. The van der Waals surface area contributed by atoms with E-state index in [2.05, 4.69) is 0 Å². The summed E-state index contributed by atoms with van der Waals surface area (Å²) in [6.07, 6.45) is 1.55. The van der Waals surface area contributed by atoms with Gasteiger partial charge in [0, 0.05) is 23.6 Å². The summed E-state index contributed by atoms with van der Waals surface area (Å²) in [7, 11) is 0. The van der Waals surface area contributed by atoms with E-state index in [1.54, 1.807) is 29.8 Å². The molecular weight excluding hydrogens is 207 g/mol. The molecule has 0 amide bonds. The number of hydrogen-bond donors (Lipinski definition) is 1. The molecule has 2 N–H and O–H groups in total. The molecule has 3 nitrogen and oxygen atoms in total. The molecule has 16 heavy (non-hydrogen) atoms. The fourth-order valence-corrected chi connectivity index (χ4v) is 1.53. The molecule has 2 aromatic rings. The number of aromatic nitrogens is 1. The average molecular weight is 218 g/mol. The highest BCUT2D eigenvalue weighted by atomic mass is 19.1. The van der Waals surface area contributed by atoms with Crippen LogP contribution < -0.4 is 11.2 Å². The van der Waals surface area contributed by atoms with Crippen LogP contribution in [0.25, 0.3) is 5.69 Å². The third-order valence-corrected chi connectivity index (χ3v) is 2.38. The van der Waals surface area contributed by atoms with Crippen LogP contribution in [-0.2, 0) is 0 Å². The molecule has 1 heterocycles. The van der Waals surface area contributed by atoms with Crippen molar-refractivity contribution in [1.29, 1.82) is 0 Å². The van der Waals surface area contributed by atoms with E-state index < -0.39 is 0 Å². The molecule has 0 aliphatic heterocycles. The van der Waals surface area contributed by atoms with Gasteiger partial charge in [-0.3, -0.25) is 4.79 Å². The molecule has 2 rings (SSSR count). The van der Waals surface area contributed by atoms with Crippen molar-refractivity contribution in [2.45, 2.75) is 6.92 Å². The zero-order valence-corrected chi connectivity index (χ0v) is 8.77. The molecule has 1 aromatic heterocycles. The third-order valence-electron chi connectivity index (χ3n) is 2.38. The summed E-state index contributed by atoms with van der Waals surface area (Å²) in [5, 5.41) is 0. The van der Waals surface area contributed by atoms with Crippen LogP contribution in [0, 0.1) is 12.7 Å². The first-order valence-electron chi connectivity index (χ1n) is 4.82. The lowest BCUT2D eigenvalue weighted by Crippen LogP contribution is -2.12. The molecule has 82 valence electrons. The fourth-order valence-electron chi connectivity index (χ4n) is 1.53. The average Bonchev–Trinajstić information content (AvgIpc) is 2.25. The summed E-state index contributed by atoms with van der Waals surface area (Å²) in [5.74, 6) is -0.296. The van der Waals surface area contributed by atoms with Crippen LogP contribution in [0.3, 0.4) is 0 Å². The van der Waals surface area contributed by atoms with Gasteiger partial charge in [-0.25, -0.2) is 4.39 Å². The summed E-state index contributed by atoms with van der Waals surface area (Å²) in [4.78, 5) is 11.3. The van der Waals surface area contributed by atoms with Gasteiger partial charge in [-0.05, 0) is 31.2 Å². The van der Waals surface area contributed by atoms with Crippen molar-refractivity contribution in [3.05, 3.63) is 58.3 Å². The quantitative estimate of drug-likeness (QED) is 0.794. The van der Waals surface area contributed by atoms with Gasteiger partial charge in [-0.1, -0.05) is 0 Å². The van der Waals surface area contributed by atoms with Gasteiger partial charge in [0.15, 0.2) is 0 Å². The lowest BCUT2D eigenvalue weighted by atomic mass is 10.2. The molecule has 0 fully saturated rings. The number of benzene rings is 1. The van der Waals surface area contributed by atoms with Crippen LogP contribution in [0.2, 0.25) is 0 Å². The number of hydrogen-bond acceptors (Lipinski definition) is 2. The van der Waals surface area contributed by atoms with Gasteiger partial charge in [0.05, 0.1) is 5.69 Å². The van der Waals surface area contributed by atoms with Crippen LogP contribution in [0.5, 0.6) is 0 Å². The number of aryl methyl sites for hydroxylation is 1. The maximum Gasteiger partial charge on any atom is 0.204 e. The molecule has 0 saturated carbocycles. The first kappa shape index (κ1) is 10.4. The van der Waals surface area contributed by atoms with E-state index in [1.807, 2.05) is 0 Å². The Morgan fingerprint density at radius 2 is 1.88 bits per heavy atom. The topological polar surface area (TPSA) is 48.0 Å². The minimum atomic E-state index is -0.296. The second-order valence-electron chi connectivity index (χ2n) is 3.58. The maximum atomic E-state index is 12.8. The zero-order valence-electron chi connectivity index (χ0n) is 8.77. The highest BCUT2D eigenvalue weighted by Gasteiger charge is 2.02. The minimum Gasteiger partial charge on any atom is -0.394 e. The van der Waals surface area contributed by atoms with Gasteiger partial charge in [-0.15, -0.1) is 0 Å². The molecule has 0 bridgehead atoms. The maximum absolute atomic E-state index is 12.8. The smallest absolute Gasteiger partial charge is 0.204 e. The molecule has 0 aliphatic carbocycles. The normalized spacial score (nSPS) is 10.4. The van der Waals surface area contributed by atoms with Crippen LogP contribution in [0.1, 0.15) is 5.69 Å². The van der Waals surface area contributed by atoms with E-state index in [1.165, 1.54) is 18.2 Å². The monoisotopic (exact) mass is 218 g/mol. The van der Waals surface area contributed by atoms with E-state index >= 15 is 0 Å². The number of nitrogen functional groups attached to an aromatic ring is 1. The van der Waals surface area contributed by atoms with Crippen molar-refractivity contribution in [3.63, 3.8) is 0 Å². The van der Waals surface area contributed by atoms with Crippen LogP contribution in [-0.4, -0.2) is 4.57 Å². The Kier molecular flexibility index (Phi) is 2.48. The van der Waals surface area contributed by atoms with E-state index in [0.29, 0.717) is 0 Å². The molecule has 1 aromatic carbocycles. The first-order valence-corrected chi connectivity index (χ1v) is 4.82. The standard InChI is InChI=1S/C12H11FN2O/c1-8-6-12(16)11(14)7-15(8)10-4-2-9(13)3-5-10/h2-7H,14H2,1H3. The summed E-state index contributed by atoms with van der Waals surface area (Å²) in [6.45, 7) is 1.80. The van der Waals surface area contributed by atoms with Gasteiger partial charge in [0.2, 0.25) is 5.43 Å². The van der Waals surface area contributed by atoms with Crippen molar-refractivity contribution in [2.75, 3.05) is 5.73 Å². The second-order valence-corrected chi connectivity index (χ2v) is 3.58. The van der Waals surface area contributed by atoms with Gasteiger partial charge in [-0.2, -0.15) is 0 Å². The lowest BCUT2D eigenvalue weighted by molar-refractivity contribution is 0.627. The highest BCUT2D eigenvalue weighted by molar-refractivity contribution is 5.42. The molecule has 0 atom stereocenters. The Bertz CT molecular complexity index is 573. The first-order chi connectivity index (χ1) is 7.58. The third kappa shape index (κ3) is 1.82. The van der Waals surface area contributed by atoms with Crippen molar-refractivity contribution in [3.8, 4) is 5.69 Å². The van der Waals surface area contributed by atoms with Gasteiger partial charge < -0.3 is 10.3 Å². The van der Waals surface area contributed by atoms with Crippen molar-refractivity contribution < 1.29 is 4.39 Å². The van der Waals surface area contributed by atoms with Crippen LogP contribution in [0.4, 0.5) is 10.1 Å². The van der Waals surface area contributed by atoms with Crippen molar-refractivity contribution in [1.82, 2.24) is 4.57 Å². The molecule has 0 radical (unpaired) electrons. The molecule has 4 heteroatoms. The number of nitrogens with two attached hydrogens (primary N) is 1. The predicted octanol–water partition coefficient (Wildman–Crippen LogP) is 1.87. The number of halogens is 1. The minimum absolute atomic E-state index is 0.176. The number of nitrogens with zero attached hydrogens (tertiary/aromatic N) is 1. The summed E-state index contributed by atoms with van der Waals surface area (Å²) in [6, 6.07) is 7.45. The van der Waals surface area contributed by atoms with E-state index in [-0.39, 0.29) is 16.9 Å². The Morgan fingerprint density at radius 3 is 2.50 bits per heavy atom. The Labute approximate surface area is 92.0 Å². The molecule has 0 saturated heterocycles. The largest absolute Gasteiger partial charge is 0.394 e. The highest BCUT2D eigenvalue weighted by Crippen LogP contribution is 2.12. The van der Waals surface area contributed by atoms with E-state index in [9.17, 15) is 9.18 Å². The number of pyridine rings is 1. The van der Waals surface area contributed by atoms with Crippen molar-refractivity contribution >= 4 is 5.69 Å². The van der Waals surface area contributed by atoms with E-state index in [0.717, 1.165) is 11.4 Å². The number of anilines is 1. The van der Waals surface area contributed by atoms with E-state index in [4.69, 9.17) is 5.73 Å². The van der Waals surface area contributed by atoms with Crippen molar-refractivity contribution in [2.24, 2.45) is 0 Å². The zero-order chi connectivity index (χ0) is 11.7. The SMILES string of the molecule is Cc1cc(=O)c(N)cn1-c1ccc(F)cc1. The van der Waals surface area contributed by atoms with Crippen LogP contribution >= 0.6 is 0 Å². The molecule has 0 spiro atoms. The molecule has 0 aliphatic rings. The Balaban J connectivity index is 2.60. The number of rotatable bonds is 1. The lowest BCUT2D eigenvalue weighted by Gasteiger charge is -2.11. The summed E-state index contributed by atoms with van der Waals surface area (Å²) in [5.41, 5.74) is 7.05. The Morgan fingerprint density at radius 1 is 1.25 bits per heavy atom. The molecular formula is C12H11FN2O. The van der Waals surface area contributed by atoms with Gasteiger partial charge >= 0.3 is 0 Å². The van der Waals surface area contributed by atoms with Crippen LogP contribution in [0.15, 0.2) is 41.3 Å². The molecule has 0 unspecified atom stereocenters. The second kappa shape index (κ2) is 3.81. The Hall–Kier alpha value is -2.10. The van der Waals surface area contributed by atoms with Gasteiger partial charge in [0.1, 0.15) is 5.82 Å². The predicted molar refractivity (Wildman–Crippen MR) is 61.1 cm³/mol.